The molecule has 8 nitrogen and oxygen atoms in total. The zero-order valence-electron chi connectivity index (χ0n) is 16.3. The lowest BCUT2D eigenvalue weighted by Gasteiger charge is -2.12. The van der Waals surface area contributed by atoms with Crippen molar-refractivity contribution in [2.24, 2.45) is 0 Å². The van der Waals surface area contributed by atoms with Crippen molar-refractivity contribution in [1.82, 2.24) is 0 Å². The number of carbonyl (C=O) groups is 3. The molecule has 0 unspecified atom stereocenters. The average Bonchev–Trinajstić information content (AvgIpc) is 2.92. The Balaban J connectivity index is 2.06. The lowest BCUT2D eigenvalue weighted by Crippen LogP contribution is -2.22. The van der Waals surface area contributed by atoms with Crippen LogP contribution in [-0.4, -0.2) is 38.6 Å². The van der Waals surface area contributed by atoms with Gasteiger partial charge in [0.05, 0.1) is 25.5 Å². The van der Waals surface area contributed by atoms with E-state index in [-0.39, 0.29) is 11.5 Å². The van der Waals surface area contributed by atoms with Crippen LogP contribution in [0.25, 0.3) is 0 Å². The molecule has 1 aromatic carbocycles. The Morgan fingerprint density at radius 3 is 2.39 bits per heavy atom. The van der Waals surface area contributed by atoms with Gasteiger partial charge in [-0.3, -0.25) is 9.59 Å². The summed E-state index contributed by atoms with van der Waals surface area (Å²) in [4.78, 5) is 36.9. The van der Waals surface area contributed by atoms with Crippen molar-refractivity contribution < 1.29 is 28.6 Å². The Bertz CT molecular complexity index is 906. The van der Waals surface area contributed by atoms with Crippen molar-refractivity contribution in [2.75, 3.05) is 31.5 Å². The number of anilines is 2. The van der Waals surface area contributed by atoms with Crippen LogP contribution in [0.15, 0.2) is 18.2 Å². The fourth-order valence-corrected chi connectivity index (χ4v) is 3.51. The maximum atomic E-state index is 12.5. The Kier molecular flexibility index (Phi) is 7.00. The number of carbonyl (C=O) groups excluding carboxylic acids is 3. The third-order valence-corrected chi connectivity index (χ3v) is 5.02. The summed E-state index contributed by atoms with van der Waals surface area (Å²) >= 11 is 1.28. The predicted octanol–water partition coefficient (Wildman–Crippen LogP) is 3.14. The van der Waals surface area contributed by atoms with Gasteiger partial charge in [0.25, 0.3) is 5.91 Å². The number of thiophene rings is 1. The molecule has 0 atom stereocenters. The first-order chi connectivity index (χ1) is 13.3. The minimum Gasteiger partial charge on any atom is -0.497 e. The number of rotatable bonds is 7. The van der Waals surface area contributed by atoms with Crippen LogP contribution in [0.4, 0.5) is 10.7 Å². The molecular weight excluding hydrogens is 384 g/mol. The second-order valence-electron chi connectivity index (χ2n) is 5.86. The first-order valence-corrected chi connectivity index (χ1v) is 9.15. The molecule has 0 aliphatic heterocycles. The van der Waals surface area contributed by atoms with Crippen molar-refractivity contribution in [1.29, 1.82) is 0 Å². The van der Waals surface area contributed by atoms with Gasteiger partial charge < -0.3 is 24.8 Å². The first kappa shape index (κ1) is 21.2. The number of amides is 2. The van der Waals surface area contributed by atoms with Gasteiger partial charge in [0.2, 0.25) is 5.91 Å². The smallest absolute Gasteiger partial charge is 0.341 e. The molecule has 2 amide bonds. The van der Waals surface area contributed by atoms with E-state index in [0.29, 0.717) is 27.8 Å². The first-order valence-electron chi connectivity index (χ1n) is 8.33. The van der Waals surface area contributed by atoms with E-state index in [2.05, 4.69) is 10.6 Å². The lowest BCUT2D eigenvalue weighted by atomic mass is 10.1. The normalized spacial score (nSPS) is 10.2. The van der Waals surface area contributed by atoms with E-state index in [1.54, 1.807) is 25.1 Å². The molecule has 2 aromatic rings. The van der Waals surface area contributed by atoms with Gasteiger partial charge in [0.1, 0.15) is 16.5 Å². The highest BCUT2D eigenvalue weighted by atomic mass is 32.1. The molecule has 0 fully saturated rings. The number of methoxy groups -OCH3 is 2. The molecule has 2 N–H and O–H groups in total. The molecule has 0 bridgehead atoms. The summed E-state index contributed by atoms with van der Waals surface area (Å²) in [7, 11) is 2.99. The van der Waals surface area contributed by atoms with E-state index in [1.165, 1.54) is 32.5 Å². The minimum atomic E-state index is -0.678. The van der Waals surface area contributed by atoms with Gasteiger partial charge in [-0.1, -0.05) is 0 Å². The fourth-order valence-electron chi connectivity index (χ4n) is 2.41. The van der Waals surface area contributed by atoms with E-state index < -0.39 is 18.5 Å². The highest BCUT2D eigenvalue weighted by molar-refractivity contribution is 7.16. The summed E-state index contributed by atoms with van der Waals surface area (Å²) < 4.78 is 15.5. The fraction of sp³-hybridized carbons (Fsp3) is 0.316. The molecule has 0 aliphatic carbocycles. The molecule has 150 valence electrons. The van der Waals surface area contributed by atoms with Gasteiger partial charge in [-0.25, -0.2) is 4.79 Å². The number of benzene rings is 1. The Labute approximate surface area is 166 Å². The van der Waals surface area contributed by atoms with Crippen LogP contribution < -0.4 is 20.1 Å². The maximum Gasteiger partial charge on any atom is 0.341 e. The molecule has 0 saturated carbocycles. The molecule has 0 spiro atoms. The largest absolute Gasteiger partial charge is 0.497 e. The Hall–Kier alpha value is -3.07. The number of aryl methyl sites for hydroxylation is 1. The third-order valence-electron chi connectivity index (χ3n) is 3.90. The highest BCUT2D eigenvalue weighted by Gasteiger charge is 2.22. The summed E-state index contributed by atoms with van der Waals surface area (Å²) in [6.07, 6.45) is 0. The topological polar surface area (TPSA) is 103 Å². The molecule has 1 heterocycles. The molecule has 0 saturated heterocycles. The number of hydrogen-bond donors (Lipinski definition) is 2. The molecule has 0 radical (unpaired) electrons. The number of ether oxygens (including phenoxy) is 3. The van der Waals surface area contributed by atoms with Gasteiger partial charge in [-0.2, -0.15) is 0 Å². The standard InChI is InChI=1S/C19H22N2O6S/c1-10-11(2)28-18(20-12(3)22)17(10)19(24)27-9-16(23)21-14-7-6-13(25-4)8-15(14)26-5/h6-8H,9H2,1-5H3,(H,20,22)(H,21,23). The van der Waals surface area contributed by atoms with Crippen molar-refractivity contribution in [3.63, 3.8) is 0 Å². The monoisotopic (exact) mass is 406 g/mol. The molecule has 0 aliphatic rings. The van der Waals surface area contributed by atoms with Crippen molar-refractivity contribution in [2.45, 2.75) is 20.8 Å². The molecule has 2 rings (SSSR count). The van der Waals surface area contributed by atoms with Gasteiger partial charge in [-0.15, -0.1) is 11.3 Å². The zero-order chi connectivity index (χ0) is 20.8. The summed E-state index contributed by atoms with van der Waals surface area (Å²) in [6, 6.07) is 4.92. The lowest BCUT2D eigenvalue weighted by molar-refractivity contribution is -0.119. The van der Waals surface area contributed by atoms with E-state index in [9.17, 15) is 14.4 Å². The van der Waals surface area contributed by atoms with Crippen LogP contribution in [0, 0.1) is 13.8 Å². The van der Waals surface area contributed by atoms with Crippen LogP contribution in [0.2, 0.25) is 0 Å². The van der Waals surface area contributed by atoms with Crippen molar-refractivity contribution in [3.05, 3.63) is 34.2 Å². The molecule has 28 heavy (non-hydrogen) atoms. The third kappa shape index (κ3) is 5.01. The van der Waals surface area contributed by atoms with E-state index in [1.807, 2.05) is 6.92 Å². The van der Waals surface area contributed by atoms with Crippen molar-refractivity contribution in [3.8, 4) is 11.5 Å². The van der Waals surface area contributed by atoms with Crippen LogP contribution >= 0.6 is 11.3 Å². The van der Waals surface area contributed by atoms with Crippen LogP contribution in [-0.2, 0) is 14.3 Å². The number of hydrogen-bond acceptors (Lipinski definition) is 7. The predicted molar refractivity (Wildman–Crippen MR) is 107 cm³/mol. The second-order valence-corrected chi connectivity index (χ2v) is 7.08. The van der Waals surface area contributed by atoms with E-state index in [4.69, 9.17) is 14.2 Å². The van der Waals surface area contributed by atoms with Gasteiger partial charge in [0.15, 0.2) is 6.61 Å². The van der Waals surface area contributed by atoms with Gasteiger partial charge >= 0.3 is 5.97 Å². The summed E-state index contributed by atoms with van der Waals surface area (Å²) in [5.74, 6) is -0.504. The van der Waals surface area contributed by atoms with E-state index in [0.717, 1.165) is 4.88 Å². The quantitative estimate of drug-likeness (QED) is 0.685. The number of esters is 1. The SMILES string of the molecule is COc1ccc(NC(=O)COC(=O)c2c(NC(C)=O)sc(C)c2C)c(OC)c1. The Morgan fingerprint density at radius 2 is 1.79 bits per heavy atom. The zero-order valence-corrected chi connectivity index (χ0v) is 17.1. The van der Waals surface area contributed by atoms with Crippen LogP contribution in [0.5, 0.6) is 11.5 Å². The minimum absolute atomic E-state index is 0.257. The highest BCUT2D eigenvalue weighted by Crippen LogP contribution is 2.33. The average molecular weight is 406 g/mol. The van der Waals surface area contributed by atoms with E-state index >= 15 is 0 Å². The summed E-state index contributed by atoms with van der Waals surface area (Å²) in [5.41, 5.74) is 1.38. The van der Waals surface area contributed by atoms with Crippen LogP contribution in [0.3, 0.4) is 0 Å². The van der Waals surface area contributed by atoms with Crippen LogP contribution in [0.1, 0.15) is 27.7 Å². The van der Waals surface area contributed by atoms with Gasteiger partial charge in [0, 0.05) is 17.9 Å². The number of nitrogens with one attached hydrogen (secondary N) is 2. The van der Waals surface area contributed by atoms with Crippen molar-refractivity contribution >= 4 is 39.8 Å². The Morgan fingerprint density at radius 1 is 1.07 bits per heavy atom. The second kappa shape index (κ2) is 9.23. The molecule has 1 aromatic heterocycles. The molecular formula is C19H22N2O6S. The summed E-state index contributed by atoms with van der Waals surface area (Å²) in [6.45, 7) is 4.47. The summed E-state index contributed by atoms with van der Waals surface area (Å²) in [5, 5.41) is 5.65. The molecule has 9 heteroatoms. The maximum absolute atomic E-state index is 12.5. The van der Waals surface area contributed by atoms with Gasteiger partial charge in [-0.05, 0) is 31.5 Å².